The van der Waals surface area contributed by atoms with Gasteiger partial charge in [0.2, 0.25) is 0 Å². The molecule has 4 aliphatic carbocycles. The maximum atomic E-state index is 13.2. The van der Waals surface area contributed by atoms with E-state index in [2.05, 4.69) is 21.8 Å². The van der Waals surface area contributed by atoms with Crippen molar-refractivity contribution in [3.8, 4) is 0 Å². The summed E-state index contributed by atoms with van der Waals surface area (Å²) in [6, 6.07) is 13.6. The Morgan fingerprint density at radius 1 is 0.941 bits per heavy atom. The van der Waals surface area contributed by atoms with Crippen LogP contribution in [0.3, 0.4) is 0 Å². The number of amides is 2. The number of aromatic nitrogens is 1. The summed E-state index contributed by atoms with van der Waals surface area (Å²) in [7, 11) is 0. The van der Waals surface area contributed by atoms with Gasteiger partial charge in [-0.3, -0.25) is 9.59 Å². The first kappa shape index (κ1) is 20.5. The van der Waals surface area contributed by atoms with Crippen molar-refractivity contribution in [3.63, 3.8) is 0 Å². The third-order valence-corrected chi connectivity index (χ3v) is 8.85. The Kier molecular flexibility index (Phi) is 4.40. The molecule has 2 amide bonds. The number of carbonyl (C=O) groups excluding carboxylic acids is 2. The van der Waals surface area contributed by atoms with Gasteiger partial charge in [0.15, 0.2) is 0 Å². The van der Waals surface area contributed by atoms with Crippen LogP contribution >= 0.6 is 23.2 Å². The summed E-state index contributed by atoms with van der Waals surface area (Å²) in [6.07, 6.45) is 9.15. The maximum absolute atomic E-state index is 13.2. The van der Waals surface area contributed by atoms with Gasteiger partial charge in [-0.15, -0.1) is 0 Å². The number of rotatable bonds is 4. The van der Waals surface area contributed by atoms with Gasteiger partial charge in [-0.25, -0.2) is 0 Å². The molecule has 6 unspecified atom stereocenters. The molecule has 3 aromatic rings. The molecule has 2 heterocycles. The molecular formula is C27H21Cl2N3O2. The second kappa shape index (κ2) is 7.30. The predicted molar refractivity (Wildman–Crippen MR) is 132 cm³/mol. The number of nitrogens with zero attached hydrogens (tertiary/aromatic N) is 3. The molecule has 5 nitrogen and oxygen atoms in total. The first-order chi connectivity index (χ1) is 16.5. The molecule has 0 radical (unpaired) electrons. The molecule has 6 atom stereocenters. The van der Waals surface area contributed by atoms with Crippen molar-refractivity contribution in [2.45, 2.75) is 13.0 Å². The average molecular weight is 490 g/mol. The average Bonchev–Trinajstić information content (AvgIpc) is 3.55. The summed E-state index contributed by atoms with van der Waals surface area (Å²) in [5, 5.41) is 7.63. The van der Waals surface area contributed by atoms with Crippen molar-refractivity contribution >= 4 is 52.1 Å². The summed E-state index contributed by atoms with van der Waals surface area (Å²) in [6.45, 7) is 0.606. The van der Waals surface area contributed by atoms with Crippen molar-refractivity contribution in [2.24, 2.45) is 40.6 Å². The Hall–Kier alpha value is -2.89. The SMILES string of the molecule is O=C1C2C3C=CC(C4CC34)C2C(=O)N1/N=C/c1cn(Cc2ccc(Cl)c(Cl)c2)c2ccccc12. The largest absolute Gasteiger partial charge is 0.342 e. The molecular weight excluding hydrogens is 469 g/mol. The number of carbonyl (C=O) groups is 2. The van der Waals surface area contributed by atoms with Gasteiger partial charge >= 0.3 is 0 Å². The van der Waals surface area contributed by atoms with E-state index in [1.54, 1.807) is 12.3 Å². The van der Waals surface area contributed by atoms with Crippen molar-refractivity contribution in [2.75, 3.05) is 0 Å². The fourth-order valence-electron chi connectivity index (χ4n) is 6.52. The van der Waals surface area contributed by atoms with Gasteiger partial charge in [0, 0.05) is 29.2 Å². The lowest BCUT2D eigenvalue weighted by atomic mass is 9.63. The lowest BCUT2D eigenvalue weighted by molar-refractivity contribution is -0.140. The fraction of sp³-hybridized carbons (Fsp3) is 0.296. The summed E-state index contributed by atoms with van der Waals surface area (Å²) in [5.41, 5.74) is 2.91. The Labute approximate surface area is 206 Å². The second-order valence-corrected chi connectivity index (χ2v) is 10.7. The highest BCUT2D eigenvalue weighted by molar-refractivity contribution is 6.42. The normalized spacial score (nSPS) is 31.1. The third-order valence-electron chi connectivity index (χ3n) is 8.11. The summed E-state index contributed by atoms with van der Waals surface area (Å²) in [4.78, 5) is 26.4. The molecule has 2 saturated carbocycles. The first-order valence-electron chi connectivity index (χ1n) is 11.6. The van der Waals surface area contributed by atoms with Crippen LogP contribution in [0.5, 0.6) is 0 Å². The number of hydrazone groups is 1. The van der Waals surface area contributed by atoms with E-state index in [0.717, 1.165) is 33.5 Å². The number of fused-ring (bicyclic) bond motifs is 1. The molecule has 7 heteroatoms. The summed E-state index contributed by atoms with van der Waals surface area (Å²) in [5.74, 6) is 0.798. The Bertz CT molecular complexity index is 1400. The van der Waals surface area contributed by atoms with Crippen LogP contribution < -0.4 is 0 Å². The molecule has 34 heavy (non-hydrogen) atoms. The minimum atomic E-state index is -0.237. The molecule has 2 aromatic carbocycles. The van der Waals surface area contributed by atoms with Crippen LogP contribution in [0.4, 0.5) is 0 Å². The number of benzene rings is 2. The Morgan fingerprint density at radius 2 is 1.65 bits per heavy atom. The van der Waals surface area contributed by atoms with Crippen molar-refractivity contribution in [1.29, 1.82) is 0 Å². The number of para-hydroxylation sites is 1. The van der Waals surface area contributed by atoms with E-state index in [4.69, 9.17) is 23.2 Å². The number of halogens is 2. The molecule has 1 aromatic heterocycles. The zero-order valence-electron chi connectivity index (χ0n) is 18.1. The topological polar surface area (TPSA) is 54.7 Å². The molecule has 3 fully saturated rings. The number of imide groups is 1. The van der Waals surface area contributed by atoms with E-state index in [9.17, 15) is 9.59 Å². The van der Waals surface area contributed by atoms with Crippen LogP contribution in [0.15, 0.2) is 65.9 Å². The van der Waals surface area contributed by atoms with Crippen LogP contribution in [0.2, 0.25) is 10.0 Å². The minimum Gasteiger partial charge on any atom is -0.342 e. The van der Waals surface area contributed by atoms with Crippen molar-refractivity contribution in [3.05, 3.63) is 82.0 Å². The van der Waals surface area contributed by atoms with Gasteiger partial charge < -0.3 is 4.57 Å². The second-order valence-electron chi connectivity index (χ2n) is 9.87. The third kappa shape index (κ3) is 2.90. The van der Waals surface area contributed by atoms with Crippen LogP contribution in [0.1, 0.15) is 17.5 Å². The van der Waals surface area contributed by atoms with Gasteiger partial charge in [0.05, 0.1) is 28.1 Å². The van der Waals surface area contributed by atoms with E-state index < -0.39 is 0 Å². The number of hydrogen-bond acceptors (Lipinski definition) is 3. The molecule has 1 saturated heterocycles. The smallest absolute Gasteiger partial charge is 0.254 e. The monoisotopic (exact) mass is 489 g/mol. The molecule has 1 aliphatic heterocycles. The standard InChI is InChI=1S/C27H21Cl2N3O2/c28-21-8-5-14(9-22(21)29)12-31-13-15(16-3-1-2-4-23(16)31)11-30-32-26(33)24-17-6-7-18(20-10-19(17)20)25(24)27(32)34/h1-9,11,13,17-20,24-25H,10,12H2/b30-11+. The highest BCUT2D eigenvalue weighted by atomic mass is 35.5. The van der Waals surface area contributed by atoms with Crippen molar-refractivity contribution in [1.82, 2.24) is 9.58 Å². The molecule has 0 spiro atoms. The zero-order chi connectivity index (χ0) is 23.1. The summed E-state index contributed by atoms with van der Waals surface area (Å²) < 4.78 is 2.11. The number of hydrogen-bond donors (Lipinski definition) is 0. The van der Waals surface area contributed by atoms with E-state index in [1.165, 1.54) is 0 Å². The fourth-order valence-corrected chi connectivity index (χ4v) is 6.84. The van der Waals surface area contributed by atoms with E-state index in [-0.39, 0.29) is 35.5 Å². The lowest BCUT2D eigenvalue weighted by Gasteiger charge is -2.37. The number of allylic oxidation sites excluding steroid dienone is 2. The van der Waals surface area contributed by atoms with E-state index in [1.807, 2.05) is 42.6 Å². The molecule has 2 bridgehead atoms. The van der Waals surface area contributed by atoms with E-state index >= 15 is 0 Å². The highest BCUT2D eigenvalue weighted by Gasteiger charge is 2.67. The van der Waals surface area contributed by atoms with Crippen LogP contribution in [0.25, 0.3) is 10.9 Å². The molecule has 0 N–H and O–H groups in total. The zero-order valence-corrected chi connectivity index (χ0v) is 19.7. The molecule has 8 rings (SSSR count). The van der Waals surface area contributed by atoms with Gasteiger partial charge in [-0.1, -0.05) is 59.6 Å². The molecule has 170 valence electrons. The quantitative estimate of drug-likeness (QED) is 0.280. The minimum absolute atomic E-state index is 0.143. The van der Waals surface area contributed by atoms with Gasteiger partial charge in [0.25, 0.3) is 11.8 Å². The van der Waals surface area contributed by atoms with Crippen LogP contribution in [-0.4, -0.2) is 27.6 Å². The van der Waals surface area contributed by atoms with Gasteiger partial charge in [-0.2, -0.15) is 10.1 Å². The first-order valence-corrected chi connectivity index (χ1v) is 12.4. The van der Waals surface area contributed by atoms with Crippen LogP contribution in [0, 0.1) is 35.5 Å². The Balaban J connectivity index is 1.20. The van der Waals surface area contributed by atoms with E-state index in [0.29, 0.717) is 28.4 Å². The van der Waals surface area contributed by atoms with Gasteiger partial charge in [-0.05, 0) is 53.9 Å². The summed E-state index contributed by atoms with van der Waals surface area (Å²) >= 11 is 12.3. The lowest BCUT2D eigenvalue weighted by Crippen LogP contribution is -2.40. The highest BCUT2D eigenvalue weighted by Crippen LogP contribution is 2.65. The van der Waals surface area contributed by atoms with Crippen molar-refractivity contribution < 1.29 is 9.59 Å². The van der Waals surface area contributed by atoms with Gasteiger partial charge in [0.1, 0.15) is 0 Å². The molecule has 5 aliphatic rings. The predicted octanol–water partition coefficient (Wildman–Crippen LogP) is 5.38. The Morgan fingerprint density at radius 3 is 2.35 bits per heavy atom. The maximum Gasteiger partial charge on any atom is 0.254 e. The van der Waals surface area contributed by atoms with Crippen LogP contribution in [-0.2, 0) is 16.1 Å².